The summed E-state index contributed by atoms with van der Waals surface area (Å²) in [6.07, 6.45) is 1.43. The maximum Gasteiger partial charge on any atom is 0.317 e. The number of urea groups is 1. The normalized spacial score (nSPS) is 15.7. The molecule has 0 atom stereocenters. The molecule has 0 bridgehead atoms. The first-order valence-corrected chi connectivity index (χ1v) is 5.84. The molecule has 0 aromatic rings. The van der Waals surface area contributed by atoms with Crippen LogP contribution in [-0.4, -0.2) is 55.1 Å². The number of carboxylic acid groups (broad SMARTS) is 1. The van der Waals surface area contributed by atoms with Gasteiger partial charge in [-0.25, -0.2) is 4.79 Å². The summed E-state index contributed by atoms with van der Waals surface area (Å²) in [4.78, 5) is 34.9. The molecule has 18 heavy (non-hydrogen) atoms. The number of hydrogen-bond acceptors (Lipinski definition) is 3. The number of carbonyl (C=O) groups is 3. The number of nitrogens with zero attached hydrogens (tertiary/aromatic N) is 1. The highest BCUT2D eigenvalue weighted by Gasteiger charge is 2.50. The van der Waals surface area contributed by atoms with Crippen molar-refractivity contribution in [2.24, 2.45) is 5.41 Å². The highest BCUT2D eigenvalue weighted by atomic mass is 16.4. The van der Waals surface area contributed by atoms with Crippen molar-refractivity contribution in [1.82, 2.24) is 15.5 Å². The third-order valence-corrected chi connectivity index (χ3v) is 3.19. The third kappa shape index (κ3) is 3.61. The molecule has 0 heterocycles. The Morgan fingerprint density at radius 1 is 1.33 bits per heavy atom. The van der Waals surface area contributed by atoms with E-state index in [1.54, 1.807) is 7.05 Å². The van der Waals surface area contributed by atoms with Crippen LogP contribution >= 0.6 is 0 Å². The summed E-state index contributed by atoms with van der Waals surface area (Å²) < 4.78 is 0. The summed E-state index contributed by atoms with van der Waals surface area (Å²) in [7, 11) is 3.10. The maximum atomic E-state index is 11.6. The summed E-state index contributed by atoms with van der Waals surface area (Å²) in [6.45, 7) is 0.442. The van der Waals surface area contributed by atoms with Crippen LogP contribution in [0.2, 0.25) is 0 Å². The second-order valence-corrected chi connectivity index (χ2v) is 4.59. The Hall–Kier alpha value is -1.79. The van der Waals surface area contributed by atoms with Crippen molar-refractivity contribution in [2.45, 2.75) is 19.3 Å². The average Bonchev–Trinajstić information content (AvgIpc) is 3.13. The Labute approximate surface area is 106 Å². The van der Waals surface area contributed by atoms with Crippen molar-refractivity contribution in [2.75, 3.05) is 27.2 Å². The van der Waals surface area contributed by atoms with Gasteiger partial charge in [-0.2, -0.15) is 0 Å². The van der Waals surface area contributed by atoms with Crippen LogP contribution in [0.15, 0.2) is 0 Å². The van der Waals surface area contributed by atoms with Gasteiger partial charge in [0.1, 0.15) is 0 Å². The molecule has 7 heteroatoms. The zero-order chi connectivity index (χ0) is 13.8. The van der Waals surface area contributed by atoms with Crippen molar-refractivity contribution in [3.05, 3.63) is 0 Å². The minimum atomic E-state index is -0.865. The van der Waals surface area contributed by atoms with Gasteiger partial charge in [-0.15, -0.1) is 0 Å². The van der Waals surface area contributed by atoms with E-state index in [2.05, 4.69) is 10.6 Å². The van der Waals surface area contributed by atoms with Gasteiger partial charge in [-0.3, -0.25) is 9.59 Å². The molecule has 102 valence electrons. The van der Waals surface area contributed by atoms with Crippen LogP contribution in [0.25, 0.3) is 0 Å². The van der Waals surface area contributed by atoms with Crippen LogP contribution in [0.4, 0.5) is 4.79 Å². The van der Waals surface area contributed by atoms with E-state index in [4.69, 9.17) is 5.11 Å². The summed E-state index contributed by atoms with van der Waals surface area (Å²) in [6, 6.07) is -0.355. The van der Waals surface area contributed by atoms with Gasteiger partial charge in [0.15, 0.2) is 0 Å². The minimum Gasteiger partial charge on any atom is -0.481 e. The number of carboxylic acids is 1. The Kier molecular flexibility index (Phi) is 4.52. The van der Waals surface area contributed by atoms with E-state index in [1.165, 1.54) is 11.9 Å². The topological polar surface area (TPSA) is 98.7 Å². The van der Waals surface area contributed by atoms with Gasteiger partial charge in [0.05, 0.1) is 5.41 Å². The smallest absolute Gasteiger partial charge is 0.317 e. The Morgan fingerprint density at radius 3 is 2.39 bits per heavy atom. The standard InChI is InChI=1S/C11H19N3O4/c1-12-8(15)3-6-14(2)10(18)13-7-11(4-5-11)9(16)17/h3-7H2,1-2H3,(H,12,15)(H,13,18)(H,16,17). The van der Waals surface area contributed by atoms with E-state index in [9.17, 15) is 14.4 Å². The second-order valence-electron chi connectivity index (χ2n) is 4.59. The molecule has 1 saturated carbocycles. The third-order valence-electron chi connectivity index (χ3n) is 3.19. The van der Waals surface area contributed by atoms with E-state index in [0.717, 1.165) is 0 Å². The quantitative estimate of drug-likeness (QED) is 0.604. The largest absolute Gasteiger partial charge is 0.481 e. The first-order chi connectivity index (χ1) is 8.41. The van der Waals surface area contributed by atoms with Crippen LogP contribution in [0.5, 0.6) is 0 Å². The van der Waals surface area contributed by atoms with Crippen molar-refractivity contribution >= 4 is 17.9 Å². The molecule has 0 spiro atoms. The van der Waals surface area contributed by atoms with Gasteiger partial charge in [-0.05, 0) is 12.8 Å². The summed E-state index contributed by atoms with van der Waals surface area (Å²) in [5.41, 5.74) is -0.767. The molecule has 0 radical (unpaired) electrons. The molecule has 0 aromatic carbocycles. The first-order valence-electron chi connectivity index (χ1n) is 5.84. The van der Waals surface area contributed by atoms with E-state index < -0.39 is 11.4 Å². The molecular weight excluding hydrogens is 238 g/mol. The SMILES string of the molecule is CNC(=O)CCN(C)C(=O)NCC1(C(=O)O)CC1. The lowest BCUT2D eigenvalue weighted by Gasteiger charge is -2.19. The van der Waals surface area contributed by atoms with Gasteiger partial charge in [0.2, 0.25) is 5.91 Å². The van der Waals surface area contributed by atoms with Crippen LogP contribution in [0.3, 0.4) is 0 Å². The minimum absolute atomic E-state index is 0.140. The second kappa shape index (κ2) is 5.70. The van der Waals surface area contributed by atoms with Gasteiger partial charge in [0.25, 0.3) is 0 Å². The van der Waals surface area contributed by atoms with Crippen molar-refractivity contribution < 1.29 is 19.5 Å². The molecule has 1 rings (SSSR count). The predicted octanol–water partition coefficient (Wildman–Crippen LogP) is -0.371. The van der Waals surface area contributed by atoms with Gasteiger partial charge >= 0.3 is 12.0 Å². The number of amides is 3. The maximum absolute atomic E-state index is 11.6. The van der Waals surface area contributed by atoms with E-state index in [1.807, 2.05) is 0 Å². The van der Waals surface area contributed by atoms with E-state index >= 15 is 0 Å². The molecule has 0 aromatic heterocycles. The molecule has 0 aliphatic heterocycles. The molecule has 3 N–H and O–H groups in total. The fourth-order valence-corrected chi connectivity index (χ4v) is 1.49. The van der Waals surface area contributed by atoms with Crippen LogP contribution in [0.1, 0.15) is 19.3 Å². The van der Waals surface area contributed by atoms with Crippen LogP contribution in [-0.2, 0) is 9.59 Å². The van der Waals surface area contributed by atoms with Crippen LogP contribution in [0, 0.1) is 5.41 Å². The Balaban J connectivity index is 2.28. The van der Waals surface area contributed by atoms with Gasteiger partial charge < -0.3 is 20.6 Å². The lowest BCUT2D eigenvalue weighted by atomic mass is 10.1. The van der Waals surface area contributed by atoms with E-state index in [0.29, 0.717) is 19.4 Å². The molecule has 7 nitrogen and oxygen atoms in total. The molecule has 0 unspecified atom stereocenters. The highest BCUT2D eigenvalue weighted by Crippen LogP contribution is 2.45. The Bertz CT molecular complexity index is 352. The lowest BCUT2D eigenvalue weighted by Crippen LogP contribution is -2.42. The number of aliphatic carboxylic acids is 1. The fraction of sp³-hybridized carbons (Fsp3) is 0.727. The van der Waals surface area contributed by atoms with Gasteiger partial charge in [0, 0.05) is 33.6 Å². The summed E-state index contributed by atoms with van der Waals surface area (Å²) >= 11 is 0. The van der Waals surface area contributed by atoms with Gasteiger partial charge in [-0.1, -0.05) is 0 Å². The average molecular weight is 257 g/mol. The lowest BCUT2D eigenvalue weighted by molar-refractivity contribution is -0.143. The number of nitrogens with one attached hydrogen (secondary N) is 2. The number of carbonyl (C=O) groups excluding carboxylic acids is 2. The molecule has 1 aliphatic carbocycles. The Morgan fingerprint density at radius 2 is 1.94 bits per heavy atom. The van der Waals surface area contributed by atoms with Crippen molar-refractivity contribution in [1.29, 1.82) is 0 Å². The molecular formula is C11H19N3O4. The number of rotatable bonds is 6. The van der Waals surface area contributed by atoms with Crippen molar-refractivity contribution in [3.63, 3.8) is 0 Å². The number of hydrogen-bond donors (Lipinski definition) is 3. The highest BCUT2D eigenvalue weighted by molar-refractivity contribution is 5.80. The van der Waals surface area contributed by atoms with Crippen molar-refractivity contribution in [3.8, 4) is 0 Å². The zero-order valence-electron chi connectivity index (χ0n) is 10.7. The van der Waals surface area contributed by atoms with E-state index in [-0.39, 0.29) is 24.9 Å². The molecule has 1 aliphatic rings. The zero-order valence-corrected chi connectivity index (χ0v) is 10.7. The molecule has 0 saturated heterocycles. The fourth-order valence-electron chi connectivity index (χ4n) is 1.49. The molecule has 3 amide bonds. The summed E-state index contributed by atoms with van der Waals surface area (Å²) in [5, 5.41) is 14.0. The van der Waals surface area contributed by atoms with Crippen LogP contribution < -0.4 is 10.6 Å². The predicted molar refractivity (Wildman–Crippen MR) is 64.0 cm³/mol. The summed E-state index contributed by atoms with van der Waals surface area (Å²) in [5.74, 6) is -1.00. The first kappa shape index (κ1) is 14.3. The molecule has 1 fully saturated rings. The monoisotopic (exact) mass is 257 g/mol.